The predicted octanol–water partition coefficient (Wildman–Crippen LogP) is 1.48. The zero-order chi connectivity index (χ0) is 31.1. The summed E-state index contributed by atoms with van der Waals surface area (Å²) in [5.41, 5.74) is 2.44. The number of amides is 2. The number of benzene rings is 1. The van der Waals surface area contributed by atoms with Crippen LogP contribution in [0.2, 0.25) is 0 Å². The Balaban J connectivity index is 1.42. The van der Waals surface area contributed by atoms with E-state index in [2.05, 4.69) is 9.37 Å². The molecule has 3 aliphatic rings. The SMILES string of the molecule is Cc1cc(CCC(=O)ON2C(=O)CC(S(=O)(=O)O)C2=O)n2c1C=C1C(CCSOO[O-])=CC(c3ccccc3)=[N+]1[B-]2(F)F. The van der Waals surface area contributed by atoms with E-state index < -0.39 is 53.0 Å². The Morgan fingerprint density at radius 1 is 1.21 bits per heavy atom. The molecule has 1 atom stereocenters. The highest BCUT2D eigenvalue weighted by Gasteiger charge is 2.54. The van der Waals surface area contributed by atoms with Gasteiger partial charge < -0.3 is 27.7 Å². The third-order valence-corrected chi connectivity index (χ3v) is 8.82. The van der Waals surface area contributed by atoms with E-state index >= 15 is 8.63 Å². The third kappa shape index (κ3) is 5.81. The van der Waals surface area contributed by atoms with Gasteiger partial charge in [0.15, 0.2) is 16.7 Å². The largest absolute Gasteiger partial charge is 0.737 e. The topological polar surface area (TPSA) is 168 Å². The van der Waals surface area contributed by atoms with Gasteiger partial charge in [0, 0.05) is 46.8 Å². The number of allylic oxidation sites excluding steroid dienone is 2. The van der Waals surface area contributed by atoms with Gasteiger partial charge in [0.25, 0.3) is 21.9 Å². The molecule has 1 fully saturated rings. The Morgan fingerprint density at radius 2 is 1.93 bits per heavy atom. The number of hydrogen-bond donors (Lipinski definition) is 1. The van der Waals surface area contributed by atoms with Crippen molar-refractivity contribution in [2.75, 3.05) is 5.75 Å². The Kier molecular flexibility index (Phi) is 8.43. The maximum atomic E-state index is 16.6. The fourth-order valence-electron chi connectivity index (χ4n) is 5.34. The number of carbonyl (C=O) groups is 3. The normalized spacial score (nSPS) is 19.4. The number of imide groups is 1. The van der Waals surface area contributed by atoms with E-state index in [-0.39, 0.29) is 46.5 Å². The Morgan fingerprint density at radius 3 is 2.58 bits per heavy atom. The van der Waals surface area contributed by atoms with Gasteiger partial charge in [0.05, 0.1) is 12.8 Å². The Bertz CT molecular complexity index is 1710. The molecule has 1 aromatic carbocycles. The van der Waals surface area contributed by atoms with Gasteiger partial charge in [-0.15, -0.1) is 5.06 Å². The van der Waals surface area contributed by atoms with E-state index in [1.165, 1.54) is 6.07 Å². The zero-order valence-corrected chi connectivity index (χ0v) is 24.0. The molecule has 18 heteroatoms. The Hall–Kier alpha value is -3.68. The molecule has 228 valence electrons. The van der Waals surface area contributed by atoms with Crippen LogP contribution in [0.4, 0.5) is 8.63 Å². The number of halogens is 2. The molecule has 43 heavy (non-hydrogen) atoms. The lowest BCUT2D eigenvalue weighted by Crippen LogP contribution is -2.51. The number of hydroxylamine groups is 2. The lowest BCUT2D eigenvalue weighted by Gasteiger charge is -2.31. The van der Waals surface area contributed by atoms with Crippen molar-refractivity contribution in [1.82, 2.24) is 9.54 Å². The van der Waals surface area contributed by atoms with Crippen molar-refractivity contribution in [2.45, 2.75) is 37.9 Å². The van der Waals surface area contributed by atoms with Crippen LogP contribution in [0.3, 0.4) is 0 Å². The van der Waals surface area contributed by atoms with Crippen LogP contribution in [0.15, 0.2) is 53.7 Å². The molecule has 13 nitrogen and oxygen atoms in total. The number of hydrogen-bond acceptors (Lipinski definition) is 10. The Labute approximate surface area is 247 Å². The van der Waals surface area contributed by atoms with Crippen molar-refractivity contribution in [1.29, 1.82) is 0 Å². The average Bonchev–Trinajstić information content (AvgIpc) is 3.58. The summed E-state index contributed by atoms with van der Waals surface area (Å²) >= 11 is 0.742. The smallest absolute Gasteiger partial charge is 0.691 e. The molecule has 5 rings (SSSR count). The van der Waals surface area contributed by atoms with Crippen LogP contribution in [-0.2, 0) is 45.1 Å². The van der Waals surface area contributed by atoms with Crippen LogP contribution in [0.25, 0.3) is 6.08 Å². The second-order valence-corrected chi connectivity index (χ2v) is 12.3. The fourth-order valence-corrected chi connectivity index (χ4v) is 6.46. The van der Waals surface area contributed by atoms with E-state index in [0.717, 1.165) is 21.0 Å². The second kappa shape index (κ2) is 11.8. The third-order valence-electron chi connectivity index (χ3n) is 7.21. The summed E-state index contributed by atoms with van der Waals surface area (Å²) < 4.78 is 71.0. The summed E-state index contributed by atoms with van der Waals surface area (Å²) in [7, 11) is -4.90. The van der Waals surface area contributed by atoms with Gasteiger partial charge in [0.2, 0.25) is 0 Å². The molecule has 0 bridgehead atoms. The van der Waals surface area contributed by atoms with Gasteiger partial charge in [-0.2, -0.15) is 12.8 Å². The molecule has 0 spiro atoms. The molecule has 4 heterocycles. The van der Waals surface area contributed by atoms with E-state index in [0.29, 0.717) is 16.7 Å². The van der Waals surface area contributed by atoms with Gasteiger partial charge in [-0.1, -0.05) is 18.2 Å². The van der Waals surface area contributed by atoms with Crippen molar-refractivity contribution >= 4 is 58.7 Å². The van der Waals surface area contributed by atoms with Gasteiger partial charge >= 0.3 is 12.9 Å². The summed E-state index contributed by atoms with van der Waals surface area (Å²) in [5.74, 6) is -3.45. The van der Waals surface area contributed by atoms with Gasteiger partial charge in [0.1, 0.15) is 0 Å². The van der Waals surface area contributed by atoms with Crippen molar-refractivity contribution < 1.29 is 59.9 Å². The van der Waals surface area contributed by atoms with E-state index in [9.17, 15) is 28.1 Å². The van der Waals surface area contributed by atoms with Gasteiger partial charge in [-0.25, -0.2) is 4.79 Å². The first-order valence-electron chi connectivity index (χ1n) is 12.8. The van der Waals surface area contributed by atoms with Crippen LogP contribution in [0, 0.1) is 6.92 Å². The van der Waals surface area contributed by atoms with Crippen molar-refractivity contribution in [3.63, 3.8) is 0 Å². The van der Waals surface area contributed by atoms with Crippen molar-refractivity contribution in [2.24, 2.45) is 0 Å². The summed E-state index contributed by atoms with van der Waals surface area (Å²) in [6.45, 7) is -2.87. The maximum Gasteiger partial charge on any atom is 0.737 e. The quantitative estimate of drug-likeness (QED) is 0.0720. The van der Waals surface area contributed by atoms with Crippen LogP contribution >= 0.6 is 12.0 Å². The van der Waals surface area contributed by atoms with E-state index in [4.69, 9.17) is 9.39 Å². The standard InChI is InChI=1S/C25H24BF2N3O10S2/c1-15-11-18(7-8-24(33)39-31-23(32)14-22(25(31)34)43(36,37)38)29-19(15)13-21-17(9-10-42-41-40-35)12-20(30(21)26(29,27)28)16-5-3-2-4-6-16/h2-6,11-13,22,35H,7-10,14H2,1H3,(H,36,37,38)/p-1. The first-order chi connectivity index (χ1) is 20.3. The predicted molar refractivity (Wildman–Crippen MR) is 145 cm³/mol. The number of aromatic nitrogens is 1. The summed E-state index contributed by atoms with van der Waals surface area (Å²) in [6, 6.07) is 10.1. The first-order valence-corrected chi connectivity index (χ1v) is 15.3. The zero-order valence-electron chi connectivity index (χ0n) is 22.3. The number of aryl methyl sites for hydroxylation is 2. The second-order valence-electron chi connectivity index (χ2n) is 9.89. The molecule has 0 aliphatic carbocycles. The van der Waals surface area contributed by atoms with Crippen LogP contribution < -0.4 is 5.26 Å². The molecular formula is C25H23BF2N3O10S2-. The number of fused-ring (bicyclic) bond motifs is 2. The highest BCUT2D eigenvalue weighted by molar-refractivity contribution is 7.94. The minimum Gasteiger partial charge on any atom is -0.691 e. The molecule has 1 unspecified atom stereocenters. The number of nitrogens with zero attached hydrogens (tertiary/aromatic N) is 3. The van der Waals surface area contributed by atoms with E-state index in [1.54, 1.807) is 49.4 Å². The average molecular weight is 638 g/mol. The molecule has 1 N–H and O–H groups in total. The van der Waals surface area contributed by atoms with Crippen molar-refractivity contribution in [3.8, 4) is 0 Å². The summed E-state index contributed by atoms with van der Waals surface area (Å²) in [5, 5.41) is 11.4. The number of rotatable bonds is 11. The molecule has 2 aromatic rings. The van der Waals surface area contributed by atoms with Gasteiger partial charge in [-0.3, -0.25) is 19.2 Å². The monoisotopic (exact) mass is 638 g/mol. The highest BCUT2D eigenvalue weighted by atomic mass is 32.2. The fraction of sp³-hybridized carbons (Fsp3) is 0.280. The summed E-state index contributed by atoms with van der Waals surface area (Å²) in [6.07, 6.45) is 1.85. The minimum atomic E-state index is -4.90. The first kappa shape index (κ1) is 30.8. The molecule has 2 amide bonds. The van der Waals surface area contributed by atoms with Crippen LogP contribution in [0.1, 0.15) is 41.8 Å². The molecule has 1 aromatic heterocycles. The van der Waals surface area contributed by atoms with Crippen LogP contribution in [-0.4, -0.2) is 68.5 Å². The molecule has 0 radical (unpaired) electrons. The minimum absolute atomic E-state index is 0.0295. The number of carbonyl (C=O) groups excluding carboxylic acids is 3. The molecular weight excluding hydrogens is 615 g/mol. The highest BCUT2D eigenvalue weighted by Crippen LogP contribution is 2.39. The lowest BCUT2D eigenvalue weighted by atomic mass is 9.88. The maximum absolute atomic E-state index is 16.6. The van der Waals surface area contributed by atoms with Crippen molar-refractivity contribution in [3.05, 3.63) is 76.3 Å². The molecule has 0 saturated carbocycles. The van der Waals surface area contributed by atoms with Crippen LogP contribution in [0.5, 0.6) is 0 Å². The summed E-state index contributed by atoms with van der Waals surface area (Å²) in [4.78, 5) is 41.5. The van der Waals surface area contributed by atoms with E-state index in [1.807, 2.05) is 0 Å². The molecule has 1 saturated heterocycles. The van der Waals surface area contributed by atoms with Gasteiger partial charge in [-0.05, 0) is 49.2 Å². The molecule has 3 aliphatic heterocycles. The lowest BCUT2D eigenvalue weighted by molar-refractivity contribution is -0.777.